The summed E-state index contributed by atoms with van der Waals surface area (Å²) >= 11 is 0. The van der Waals surface area contributed by atoms with Crippen molar-refractivity contribution in [1.29, 1.82) is 0 Å². The molecule has 2 aromatic heterocycles. The molecule has 3 atom stereocenters. The monoisotopic (exact) mass is 909 g/mol. The van der Waals surface area contributed by atoms with Crippen LogP contribution in [0.3, 0.4) is 0 Å². The van der Waals surface area contributed by atoms with Crippen molar-refractivity contribution in [3.8, 4) is 11.4 Å². The Morgan fingerprint density at radius 2 is 1.64 bits per heavy atom. The van der Waals surface area contributed by atoms with E-state index in [9.17, 15) is 43.5 Å². The van der Waals surface area contributed by atoms with Gasteiger partial charge < -0.3 is 52.0 Å². The van der Waals surface area contributed by atoms with Crippen LogP contribution < -0.4 is 43.2 Å². The predicted octanol–water partition coefficient (Wildman–Crippen LogP) is -0.0481. The van der Waals surface area contributed by atoms with E-state index in [0.717, 1.165) is 11.1 Å². The summed E-state index contributed by atoms with van der Waals surface area (Å²) in [4.78, 5) is 107. The molecule has 0 radical (unpaired) electrons. The molecule has 0 saturated carbocycles. The molecule has 4 aromatic rings. The number of aryl methyl sites for hydroxylation is 1. The summed E-state index contributed by atoms with van der Waals surface area (Å²) in [6.07, 6.45) is 1.24. The molecular formula is C46H52FN9O10. The van der Waals surface area contributed by atoms with Gasteiger partial charge in [0, 0.05) is 54.9 Å². The third kappa shape index (κ3) is 9.79. The minimum absolute atomic E-state index is 0.0205. The molecule has 2 aromatic carbocycles. The lowest BCUT2D eigenvalue weighted by molar-refractivity contribution is -0.172. The maximum atomic E-state index is 15.3. The lowest BCUT2D eigenvalue weighted by atomic mass is 9.81. The van der Waals surface area contributed by atoms with Gasteiger partial charge in [0.2, 0.25) is 35.4 Å². The van der Waals surface area contributed by atoms with E-state index in [-0.39, 0.29) is 81.9 Å². The molecule has 4 heterocycles. The molecule has 0 bridgehead atoms. The van der Waals surface area contributed by atoms with E-state index in [0.29, 0.717) is 51.8 Å². The van der Waals surface area contributed by atoms with Gasteiger partial charge in [-0.1, -0.05) is 37.3 Å². The first-order valence-corrected chi connectivity index (χ1v) is 21.9. The average Bonchev–Trinajstić information content (AvgIpc) is 3.67. The smallest absolute Gasteiger partial charge is 0.343 e. The number of hydrogen-bond acceptors (Lipinski definition) is 12. The first-order valence-electron chi connectivity index (χ1n) is 21.9. The lowest BCUT2D eigenvalue weighted by Gasteiger charge is -2.31. The van der Waals surface area contributed by atoms with E-state index in [1.807, 2.05) is 0 Å². The molecule has 0 fully saturated rings. The van der Waals surface area contributed by atoms with Crippen LogP contribution in [0, 0.1) is 12.7 Å². The minimum atomic E-state index is -2.03. The maximum Gasteiger partial charge on any atom is 0.343 e. The van der Waals surface area contributed by atoms with E-state index in [4.69, 9.17) is 15.5 Å². The summed E-state index contributed by atoms with van der Waals surface area (Å²) in [6.45, 7) is 2.07. The summed E-state index contributed by atoms with van der Waals surface area (Å²) in [5, 5.41) is 27.7. The van der Waals surface area contributed by atoms with Crippen LogP contribution in [-0.4, -0.2) is 94.8 Å². The number of hydrogen-bond donors (Lipinski definition) is 8. The summed E-state index contributed by atoms with van der Waals surface area (Å²) in [7, 11) is 0. The number of nitrogens with two attached hydrogens (primary N) is 1. The molecule has 0 spiro atoms. The summed E-state index contributed by atoms with van der Waals surface area (Å²) in [5.74, 6) is -4.50. The van der Waals surface area contributed by atoms with Crippen LogP contribution in [0.2, 0.25) is 0 Å². The maximum absolute atomic E-state index is 15.3. The standard InChI is InChI=1S/C46H52FN9O10/c1-3-46(65)29-17-34-42-27(22-56(34)44(63)28(29)23-66-45(46)64)41-31(12-11-26-24(2)30(47)18-32(55-42)40(26)41)53-36(58)10-7-15-49-37(59)20-52-43(62)33(16-25-8-5-4-6-9-25)54-39(61)21-51-38(60)19-50-35(57)13-14-48/h4-6,8-9,17-18,31,33,65H,3,7,10-16,19-23,48H2,1-2H3,(H,49,59)(H,50,57)(H,51,60)(H,52,62)(H,53,58)(H,54,61)/t31-,33?,46-/m0/s1. The Morgan fingerprint density at radius 1 is 0.924 bits per heavy atom. The molecule has 66 heavy (non-hydrogen) atoms. The van der Waals surface area contributed by atoms with Crippen molar-refractivity contribution >= 4 is 52.3 Å². The van der Waals surface area contributed by atoms with Gasteiger partial charge in [0.15, 0.2) is 5.60 Å². The first kappa shape index (κ1) is 46.9. The van der Waals surface area contributed by atoms with E-state index in [2.05, 4.69) is 31.9 Å². The largest absolute Gasteiger partial charge is 0.458 e. The molecule has 0 saturated heterocycles. The van der Waals surface area contributed by atoms with Gasteiger partial charge in [-0.15, -0.1) is 0 Å². The van der Waals surface area contributed by atoms with Gasteiger partial charge in [0.05, 0.1) is 54.7 Å². The van der Waals surface area contributed by atoms with Crippen molar-refractivity contribution in [3.63, 3.8) is 0 Å². The van der Waals surface area contributed by atoms with Crippen LogP contribution in [0.15, 0.2) is 47.3 Å². The van der Waals surface area contributed by atoms with Crippen LogP contribution in [0.4, 0.5) is 4.39 Å². The van der Waals surface area contributed by atoms with E-state index >= 15 is 4.39 Å². The van der Waals surface area contributed by atoms with Crippen molar-refractivity contribution < 1.29 is 47.8 Å². The third-order valence-corrected chi connectivity index (χ3v) is 12.2. The number of rotatable bonds is 18. The van der Waals surface area contributed by atoms with Crippen molar-refractivity contribution in [2.45, 2.75) is 89.6 Å². The molecule has 7 rings (SSSR count). The Kier molecular flexibility index (Phi) is 14.2. The van der Waals surface area contributed by atoms with Gasteiger partial charge in [-0.3, -0.25) is 33.6 Å². The van der Waals surface area contributed by atoms with E-state index in [1.165, 1.54) is 10.6 Å². The number of pyridine rings is 2. The van der Waals surface area contributed by atoms with Gasteiger partial charge >= 0.3 is 5.97 Å². The van der Waals surface area contributed by atoms with Crippen LogP contribution in [-0.2, 0) is 69.9 Å². The molecule has 3 aliphatic rings. The van der Waals surface area contributed by atoms with Crippen molar-refractivity contribution in [1.82, 2.24) is 41.5 Å². The summed E-state index contributed by atoms with van der Waals surface area (Å²) in [6, 6.07) is 10.2. The van der Waals surface area contributed by atoms with E-state index in [1.54, 1.807) is 50.2 Å². The number of carbonyl (C=O) groups is 7. The first-order chi connectivity index (χ1) is 31.6. The number of cyclic esters (lactones) is 1. The highest BCUT2D eigenvalue weighted by atomic mass is 19.1. The van der Waals surface area contributed by atoms with Crippen LogP contribution >= 0.6 is 0 Å². The highest BCUT2D eigenvalue weighted by Gasteiger charge is 2.46. The second-order valence-electron chi connectivity index (χ2n) is 16.5. The highest BCUT2D eigenvalue weighted by molar-refractivity contribution is 5.95. The number of nitrogens with zero attached hydrogens (tertiary/aromatic N) is 2. The molecule has 20 heteroatoms. The Hall–Kier alpha value is -7.06. The Labute approximate surface area is 377 Å². The zero-order chi connectivity index (χ0) is 47.3. The van der Waals surface area contributed by atoms with Gasteiger partial charge in [-0.25, -0.2) is 14.2 Å². The molecule has 9 N–H and O–H groups in total. The number of aromatic nitrogens is 2. The van der Waals surface area contributed by atoms with Gasteiger partial charge in [-0.2, -0.15) is 0 Å². The topological polar surface area (TPSA) is 282 Å². The normalized spacial score (nSPS) is 17.0. The number of carbonyl (C=O) groups excluding carboxylic acids is 7. The van der Waals surface area contributed by atoms with Crippen LogP contribution in [0.1, 0.15) is 84.0 Å². The third-order valence-electron chi connectivity index (χ3n) is 12.2. The number of amides is 6. The lowest BCUT2D eigenvalue weighted by Crippen LogP contribution is -2.52. The Balaban J connectivity index is 0.959. The predicted molar refractivity (Wildman–Crippen MR) is 235 cm³/mol. The molecular weight excluding hydrogens is 858 g/mol. The van der Waals surface area contributed by atoms with E-state index < -0.39 is 77.7 Å². The Morgan fingerprint density at radius 3 is 2.38 bits per heavy atom. The fourth-order valence-electron chi connectivity index (χ4n) is 8.74. The fraction of sp³-hybridized carbons (Fsp3) is 0.413. The number of fused-ring (bicyclic) bond motifs is 5. The second-order valence-corrected chi connectivity index (χ2v) is 16.5. The van der Waals surface area contributed by atoms with Gasteiger partial charge in [-0.05, 0) is 60.9 Å². The molecule has 6 amide bonds. The molecule has 1 aliphatic carbocycles. The van der Waals surface area contributed by atoms with Crippen molar-refractivity contribution in [2.75, 3.05) is 32.7 Å². The Bertz CT molecular complexity index is 2690. The average molecular weight is 910 g/mol. The number of benzene rings is 2. The second kappa shape index (κ2) is 20.0. The molecule has 348 valence electrons. The number of nitrogens with one attached hydrogen (secondary N) is 6. The SMILES string of the molecule is CC[C@@]1(O)C(=O)OCc2c1cc1n(c2=O)Cc2c-1nc1cc(F)c(C)c3c1c2[C@@H](NC(=O)CCCNC(=O)CNC(=O)C(Cc1ccccc1)NC(=O)CNC(=O)CNC(=O)CCN)CC3. The number of aliphatic hydroxyl groups is 1. The van der Waals surface area contributed by atoms with Crippen LogP contribution in [0.25, 0.3) is 22.3 Å². The van der Waals surface area contributed by atoms with Gasteiger partial charge in [0.1, 0.15) is 18.5 Å². The molecule has 2 aliphatic heterocycles. The number of halogens is 1. The molecule has 1 unspecified atom stereocenters. The number of esters is 1. The summed E-state index contributed by atoms with van der Waals surface area (Å²) in [5.41, 5.74) is 7.59. The van der Waals surface area contributed by atoms with Crippen molar-refractivity contribution in [2.24, 2.45) is 5.73 Å². The highest BCUT2D eigenvalue weighted by Crippen LogP contribution is 2.46. The zero-order valence-electron chi connectivity index (χ0n) is 36.6. The fourth-order valence-corrected chi connectivity index (χ4v) is 8.74. The van der Waals surface area contributed by atoms with Crippen LogP contribution in [0.5, 0.6) is 0 Å². The van der Waals surface area contributed by atoms with Crippen molar-refractivity contribution in [3.05, 3.63) is 97.6 Å². The summed E-state index contributed by atoms with van der Waals surface area (Å²) < 4.78 is 22.0. The minimum Gasteiger partial charge on any atom is -0.458 e. The number of ether oxygens (including phenoxy) is 1. The quantitative estimate of drug-likeness (QED) is 0.0425. The zero-order valence-corrected chi connectivity index (χ0v) is 36.6. The van der Waals surface area contributed by atoms with Gasteiger partial charge in [0.25, 0.3) is 5.56 Å². The molecule has 19 nitrogen and oxygen atoms in total.